The first-order valence-corrected chi connectivity index (χ1v) is 7.21. The van der Waals surface area contributed by atoms with Gasteiger partial charge in [-0.3, -0.25) is 0 Å². The Morgan fingerprint density at radius 2 is 1.95 bits per heavy atom. The van der Waals surface area contributed by atoms with Gasteiger partial charge in [-0.1, -0.05) is 44.2 Å². The smallest absolute Gasteiger partial charge is 0.235 e. The second-order valence-corrected chi connectivity index (χ2v) is 6.78. The highest BCUT2D eigenvalue weighted by molar-refractivity contribution is 7.19. The van der Waals surface area contributed by atoms with Crippen LogP contribution in [0.25, 0.3) is 15.5 Å². The summed E-state index contributed by atoms with van der Waals surface area (Å²) in [5.74, 6) is 1.12. The lowest BCUT2D eigenvalue weighted by atomic mass is 9.96. The predicted molar refractivity (Wildman–Crippen MR) is 79.2 cm³/mol. The summed E-state index contributed by atoms with van der Waals surface area (Å²) >= 11 is 1.48. The maximum Gasteiger partial charge on any atom is 0.235 e. The lowest BCUT2D eigenvalue weighted by molar-refractivity contribution is 0.471. The summed E-state index contributed by atoms with van der Waals surface area (Å²) in [5, 5.41) is 23.7. The fourth-order valence-corrected chi connectivity index (χ4v) is 2.97. The SMILES string of the molecule is Cc1c(O)cccc1-c1nn2c(C(C)(C)C)nnc2s1. The van der Waals surface area contributed by atoms with Crippen molar-refractivity contribution < 1.29 is 5.11 Å². The third-order valence-electron chi connectivity index (χ3n) is 3.20. The number of nitrogens with zero attached hydrogens (tertiary/aromatic N) is 4. The van der Waals surface area contributed by atoms with Gasteiger partial charge in [0.1, 0.15) is 10.8 Å². The van der Waals surface area contributed by atoms with Crippen LogP contribution < -0.4 is 0 Å². The molecule has 0 bridgehead atoms. The van der Waals surface area contributed by atoms with Gasteiger partial charge in [0, 0.05) is 16.5 Å². The Kier molecular flexibility index (Phi) is 2.79. The second-order valence-electron chi connectivity index (χ2n) is 5.82. The molecule has 0 saturated heterocycles. The van der Waals surface area contributed by atoms with E-state index in [1.165, 1.54) is 11.3 Å². The summed E-state index contributed by atoms with van der Waals surface area (Å²) in [4.78, 5) is 0.771. The number of rotatable bonds is 1. The molecule has 0 spiro atoms. The van der Waals surface area contributed by atoms with Crippen LogP contribution in [-0.2, 0) is 5.41 Å². The van der Waals surface area contributed by atoms with E-state index < -0.39 is 0 Å². The highest BCUT2D eigenvalue weighted by Gasteiger charge is 2.24. The molecule has 1 N–H and O–H groups in total. The Hall–Kier alpha value is -1.95. The van der Waals surface area contributed by atoms with Gasteiger partial charge in [-0.2, -0.15) is 9.61 Å². The van der Waals surface area contributed by atoms with E-state index in [-0.39, 0.29) is 11.2 Å². The van der Waals surface area contributed by atoms with Gasteiger partial charge in [-0.05, 0) is 13.0 Å². The van der Waals surface area contributed by atoms with E-state index in [1.54, 1.807) is 10.6 Å². The van der Waals surface area contributed by atoms with Crippen LogP contribution in [0.2, 0.25) is 0 Å². The molecular weight excluding hydrogens is 272 g/mol. The van der Waals surface area contributed by atoms with E-state index in [1.807, 2.05) is 19.1 Å². The average molecular weight is 288 g/mol. The Bertz CT molecular complexity index is 782. The zero-order valence-electron chi connectivity index (χ0n) is 11.9. The summed E-state index contributed by atoms with van der Waals surface area (Å²) < 4.78 is 1.80. The predicted octanol–water partition coefficient (Wildman–Crippen LogP) is 3.16. The van der Waals surface area contributed by atoms with Gasteiger partial charge in [0.25, 0.3) is 0 Å². The highest BCUT2D eigenvalue weighted by Crippen LogP contribution is 2.33. The first-order valence-electron chi connectivity index (χ1n) is 6.39. The molecule has 0 amide bonds. The number of aromatic nitrogens is 4. The quantitative estimate of drug-likeness (QED) is 0.747. The van der Waals surface area contributed by atoms with Crippen LogP contribution in [0, 0.1) is 6.92 Å². The minimum atomic E-state index is -0.112. The zero-order valence-corrected chi connectivity index (χ0v) is 12.7. The third-order valence-corrected chi connectivity index (χ3v) is 4.13. The molecule has 0 atom stereocenters. The average Bonchev–Trinajstić information content (AvgIpc) is 2.90. The van der Waals surface area contributed by atoms with Gasteiger partial charge in [-0.25, -0.2) is 0 Å². The van der Waals surface area contributed by atoms with E-state index in [2.05, 4.69) is 36.1 Å². The van der Waals surface area contributed by atoms with E-state index in [0.717, 1.165) is 26.9 Å². The van der Waals surface area contributed by atoms with Crippen molar-refractivity contribution in [3.05, 3.63) is 29.6 Å². The first kappa shape index (κ1) is 13.1. The highest BCUT2D eigenvalue weighted by atomic mass is 32.1. The minimum Gasteiger partial charge on any atom is -0.508 e. The van der Waals surface area contributed by atoms with E-state index in [9.17, 15) is 5.11 Å². The van der Waals surface area contributed by atoms with Crippen LogP contribution in [-0.4, -0.2) is 24.9 Å². The fraction of sp³-hybridized carbons (Fsp3) is 0.357. The summed E-state index contributed by atoms with van der Waals surface area (Å²) in [6, 6.07) is 5.46. The first-order chi connectivity index (χ1) is 9.38. The lowest BCUT2D eigenvalue weighted by Crippen LogP contribution is -2.16. The van der Waals surface area contributed by atoms with Crippen molar-refractivity contribution in [2.24, 2.45) is 0 Å². The Morgan fingerprint density at radius 1 is 1.20 bits per heavy atom. The summed E-state index contributed by atoms with van der Waals surface area (Å²) in [5.41, 5.74) is 1.65. The number of hydrogen-bond acceptors (Lipinski definition) is 5. The molecule has 0 aliphatic rings. The molecule has 0 fully saturated rings. The van der Waals surface area contributed by atoms with Gasteiger partial charge in [0.2, 0.25) is 4.96 Å². The third kappa shape index (κ3) is 1.96. The van der Waals surface area contributed by atoms with Crippen molar-refractivity contribution in [2.45, 2.75) is 33.1 Å². The summed E-state index contributed by atoms with van der Waals surface area (Å²) in [7, 11) is 0. The van der Waals surface area contributed by atoms with Gasteiger partial charge < -0.3 is 5.11 Å². The number of phenols is 1. The molecule has 2 heterocycles. The number of benzene rings is 1. The van der Waals surface area contributed by atoms with Crippen LogP contribution in [0.15, 0.2) is 18.2 Å². The Morgan fingerprint density at radius 3 is 2.65 bits per heavy atom. The largest absolute Gasteiger partial charge is 0.508 e. The topological polar surface area (TPSA) is 63.3 Å². The molecule has 0 aliphatic carbocycles. The number of fused-ring (bicyclic) bond motifs is 1. The Balaban J connectivity index is 2.19. The van der Waals surface area contributed by atoms with Crippen LogP contribution in [0.5, 0.6) is 5.75 Å². The molecule has 3 rings (SSSR count). The van der Waals surface area contributed by atoms with Crippen LogP contribution in [0.4, 0.5) is 0 Å². The van der Waals surface area contributed by atoms with Crippen molar-refractivity contribution >= 4 is 16.3 Å². The van der Waals surface area contributed by atoms with Gasteiger partial charge in [-0.15, -0.1) is 10.2 Å². The maximum absolute atomic E-state index is 9.81. The van der Waals surface area contributed by atoms with E-state index >= 15 is 0 Å². The lowest BCUT2D eigenvalue weighted by Gasteiger charge is -2.13. The standard InChI is InChI=1S/C14H16N4OS/c1-8-9(6-5-7-10(8)19)11-17-18-12(14(2,3)4)15-16-13(18)20-11/h5-7,19H,1-4H3. The molecule has 5 nitrogen and oxygen atoms in total. The van der Waals surface area contributed by atoms with Crippen LogP contribution in [0.1, 0.15) is 32.2 Å². The molecule has 6 heteroatoms. The number of aromatic hydroxyl groups is 1. The number of hydrogen-bond donors (Lipinski definition) is 1. The monoisotopic (exact) mass is 288 g/mol. The molecular formula is C14H16N4OS. The molecule has 0 unspecified atom stereocenters. The second kappa shape index (κ2) is 4.28. The van der Waals surface area contributed by atoms with Gasteiger partial charge in [0.05, 0.1) is 0 Å². The van der Waals surface area contributed by atoms with E-state index in [0.29, 0.717) is 0 Å². The van der Waals surface area contributed by atoms with Crippen molar-refractivity contribution in [1.82, 2.24) is 19.8 Å². The molecule has 1 aromatic carbocycles. The summed E-state index contributed by atoms with van der Waals surface area (Å²) in [6.45, 7) is 8.14. The molecule has 3 aromatic rings. The molecule has 2 aromatic heterocycles. The molecule has 104 valence electrons. The normalized spacial score (nSPS) is 12.2. The summed E-state index contributed by atoms with van der Waals surface area (Å²) in [6.07, 6.45) is 0. The van der Waals surface area contributed by atoms with Gasteiger partial charge >= 0.3 is 0 Å². The number of phenolic OH excluding ortho intramolecular Hbond substituents is 1. The fourth-order valence-electron chi connectivity index (χ4n) is 2.05. The molecule has 0 aliphatic heterocycles. The van der Waals surface area contributed by atoms with Crippen molar-refractivity contribution in [2.75, 3.05) is 0 Å². The van der Waals surface area contributed by atoms with Crippen molar-refractivity contribution in [3.63, 3.8) is 0 Å². The zero-order chi connectivity index (χ0) is 14.5. The van der Waals surface area contributed by atoms with Crippen LogP contribution >= 0.6 is 11.3 Å². The van der Waals surface area contributed by atoms with Crippen molar-refractivity contribution in [1.29, 1.82) is 0 Å². The van der Waals surface area contributed by atoms with Crippen LogP contribution in [0.3, 0.4) is 0 Å². The Labute approximate surface area is 120 Å². The van der Waals surface area contributed by atoms with Gasteiger partial charge in [0.15, 0.2) is 5.82 Å². The maximum atomic E-state index is 9.81. The molecule has 0 saturated carbocycles. The molecule has 20 heavy (non-hydrogen) atoms. The van der Waals surface area contributed by atoms with Crippen molar-refractivity contribution in [3.8, 4) is 16.3 Å². The molecule has 0 radical (unpaired) electrons. The minimum absolute atomic E-state index is 0.112. The van der Waals surface area contributed by atoms with E-state index in [4.69, 9.17) is 0 Å².